The molecule has 9 heteroatoms. The quantitative estimate of drug-likeness (QED) is 0.578. The third-order valence-electron chi connectivity index (χ3n) is 3.81. The summed E-state index contributed by atoms with van der Waals surface area (Å²) < 4.78 is 25.4. The lowest BCUT2D eigenvalue weighted by molar-refractivity contribution is -0.385. The molecule has 1 N–H and O–H groups in total. The Bertz CT molecular complexity index is 972. The highest BCUT2D eigenvalue weighted by molar-refractivity contribution is 7.92. The van der Waals surface area contributed by atoms with Gasteiger partial charge in [-0.2, -0.15) is 4.31 Å². The van der Waals surface area contributed by atoms with Crippen LogP contribution in [0.3, 0.4) is 0 Å². The van der Waals surface area contributed by atoms with E-state index in [1.54, 1.807) is 24.3 Å². The first-order valence-electron chi connectivity index (χ1n) is 7.94. The fourth-order valence-corrected chi connectivity index (χ4v) is 3.11. The summed E-state index contributed by atoms with van der Waals surface area (Å²) in [6, 6.07) is 13.2. The van der Waals surface area contributed by atoms with Gasteiger partial charge in [-0.1, -0.05) is 36.4 Å². The Morgan fingerprint density at radius 2 is 1.85 bits per heavy atom. The topological polar surface area (TPSA) is 110 Å². The zero-order valence-electron chi connectivity index (χ0n) is 14.8. The van der Waals surface area contributed by atoms with Crippen LogP contribution >= 0.6 is 0 Å². The van der Waals surface area contributed by atoms with Crippen LogP contribution in [0.4, 0.5) is 11.4 Å². The fourth-order valence-electron chi connectivity index (χ4n) is 2.27. The van der Waals surface area contributed by atoms with Crippen molar-refractivity contribution in [3.63, 3.8) is 0 Å². The normalized spacial score (nSPS) is 11.7. The number of likely N-dealkylation sites (N-methyl/N-ethyl adjacent to an activating group) is 1. The summed E-state index contributed by atoms with van der Waals surface area (Å²) in [4.78, 5) is 22.6. The Morgan fingerprint density at radius 1 is 1.19 bits per heavy atom. The minimum atomic E-state index is -3.79. The van der Waals surface area contributed by atoms with Gasteiger partial charge in [0.05, 0.1) is 22.7 Å². The van der Waals surface area contributed by atoms with Crippen LogP contribution < -0.4 is 5.32 Å². The molecule has 27 heavy (non-hydrogen) atoms. The molecular formula is C18H19N3O5S. The molecule has 2 rings (SSSR count). The monoisotopic (exact) mass is 389 g/mol. The van der Waals surface area contributed by atoms with E-state index in [9.17, 15) is 23.3 Å². The van der Waals surface area contributed by atoms with Crippen LogP contribution in [-0.2, 0) is 14.8 Å². The number of rotatable bonds is 7. The minimum absolute atomic E-state index is 0.125. The third kappa shape index (κ3) is 5.47. The van der Waals surface area contributed by atoms with Crippen LogP contribution in [0, 0.1) is 17.0 Å². The highest BCUT2D eigenvalue weighted by atomic mass is 32.2. The van der Waals surface area contributed by atoms with Gasteiger partial charge in [0.15, 0.2) is 0 Å². The highest BCUT2D eigenvalue weighted by Crippen LogP contribution is 2.25. The van der Waals surface area contributed by atoms with Gasteiger partial charge in [0.2, 0.25) is 15.9 Å². The van der Waals surface area contributed by atoms with Crippen LogP contribution in [0.5, 0.6) is 0 Å². The molecule has 0 aromatic heterocycles. The lowest BCUT2D eigenvalue weighted by Crippen LogP contribution is -2.33. The smallest absolute Gasteiger partial charge is 0.274 e. The van der Waals surface area contributed by atoms with Crippen molar-refractivity contribution in [1.82, 2.24) is 4.31 Å². The van der Waals surface area contributed by atoms with Gasteiger partial charge in [-0.3, -0.25) is 14.9 Å². The van der Waals surface area contributed by atoms with E-state index in [1.807, 2.05) is 6.07 Å². The molecule has 0 unspecified atom stereocenters. The van der Waals surface area contributed by atoms with Crippen molar-refractivity contribution >= 4 is 33.4 Å². The van der Waals surface area contributed by atoms with Crippen LogP contribution in [0.2, 0.25) is 0 Å². The standard InChI is InChI=1S/C18H19N3O5S/c1-14-16(9-6-10-17(14)21(23)24)19-18(22)13-20(2)27(25,26)12-11-15-7-4-3-5-8-15/h3-12H,13H2,1-2H3,(H,19,22)/b12-11+. The molecule has 8 nitrogen and oxygen atoms in total. The van der Waals surface area contributed by atoms with Gasteiger partial charge in [-0.25, -0.2) is 8.42 Å². The van der Waals surface area contributed by atoms with E-state index >= 15 is 0 Å². The Labute approximate surface area is 157 Å². The Morgan fingerprint density at radius 3 is 2.48 bits per heavy atom. The predicted octanol–water partition coefficient (Wildman–Crippen LogP) is 2.77. The maximum atomic E-state index is 12.3. The van der Waals surface area contributed by atoms with Crippen LogP contribution in [0.1, 0.15) is 11.1 Å². The number of amides is 1. The Hall–Kier alpha value is -3.04. The number of nitro groups is 1. The summed E-state index contributed by atoms with van der Waals surface area (Å²) in [6.07, 6.45) is 1.44. The molecule has 142 valence electrons. The lowest BCUT2D eigenvalue weighted by atomic mass is 10.1. The van der Waals surface area contributed by atoms with Gasteiger partial charge < -0.3 is 5.32 Å². The van der Waals surface area contributed by atoms with E-state index in [2.05, 4.69) is 5.32 Å². The molecule has 2 aromatic carbocycles. The maximum Gasteiger partial charge on any atom is 0.274 e. The van der Waals surface area contributed by atoms with E-state index < -0.39 is 27.4 Å². The van der Waals surface area contributed by atoms with Crippen molar-refractivity contribution in [2.24, 2.45) is 0 Å². The second kappa shape index (κ2) is 8.56. The zero-order chi connectivity index (χ0) is 20.0. The van der Waals surface area contributed by atoms with Gasteiger partial charge in [-0.05, 0) is 24.6 Å². The maximum absolute atomic E-state index is 12.3. The molecular weight excluding hydrogens is 370 g/mol. The summed E-state index contributed by atoms with van der Waals surface area (Å²) >= 11 is 0. The fraction of sp³-hybridized carbons (Fsp3) is 0.167. The molecule has 0 bridgehead atoms. The van der Waals surface area contributed by atoms with Crippen molar-refractivity contribution in [3.8, 4) is 0 Å². The number of sulfonamides is 1. The zero-order valence-corrected chi connectivity index (χ0v) is 15.6. The van der Waals surface area contributed by atoms with Crippen molar-refractivity contribution in [3.05, 3.63) is 75.2 Å². The summed E-state index contributed by atoms with van der Waals surface area (Å²) in [5, 5.41) is 14.5. The average molecular weight is 389 g/mol. The van der Waals surface area contributed by atoms with Gasteiger partial charge in [0.25, 0.3) is 5.69 Å². The number of nitrogens with zero attached hydrogens (tertiary/aromatic N) is 2. The van der Waals surface area contributed by atoms with Crippen molar-refractivity contribution in [2.45, 2.75) is 6.92 Å². The van der Waals surface area contributed by atoms with Crippen molar-refractivity contribution < 1.29 is 18.1 Å². The Kier molecular flexibility index (Phi) is 6.43. The summed E-state index contributed by atoms with van der Waals surface area (Å²) in [7, 11) is -2.51. The molecule has 0 saturated heterocycles. The van der Waals surface area contributed by atoms with Gasteiger partial charge >= 0.3 is 0 Å². The van der Waals surface area contributed by atoms with Crippen LogP contribution in [0.25, 0.3) is 6.08 Å². The summed E-state index contributed by atoms with van der Waals surface area (Å²) in [6.45, 7) is 1.08. The molecule has 0 saturated carbocycles. The number of anilines is 1. The lowest BCUT2D eigenvalue weighted by Gasteiger charge is -2.15. The van der Waals surface area contributed by atoms with E-state index in [0.29, 0.717) is 11.1 Å². The van der Waals surface area contributed by atoms with Gasteiger partial charge in [-0.15, -0.1) is 0 Å². The summed E-state index contributed by atoms with van der Waals surface area (Å²) in [5.41, 5.74) is 1.15. The first kappa shape index (κ1) is 20.3. The third-order valence-corrected chi connectivity index (χ3v) is 5.29. The van der Waals surface area contributed by atoms with Gasteiger partial charge in [0.1, 0.15) is 0 Å². The highest BCUT2D eigenvalue weighted by Gasteiger charge is 2.19. The second-order valence-electron chi connectivity index (χ2n) is 5.77. The van der Waals surface area contributed by atoms with Gasteiger partial charge in [0, 0.05) is 18.5 Å². The summed E-state index contributed by atoms with van der Waals surface area (Å²) in [5.74, 6) is -0.599. The molecule has 0 aliphatic carbocycles. The number of hydrogen-bond acceptors (Lipinski definition) is 5. The van der Waals surface area contributed by atoms with E-state index in [4.69, 9.17) is 0 Å². The van der Waals surface area contributed by atoms with E-state index in [0.717, 1.165) is 9.71 Å². The Balaban J connectivity index is 2.06. The first-order valence-corrected chi connectivity index (χ1v) is 9.44. The molecule has 0 heterocycles. The van der Waals surface area contributed by atoms with Crippen molar-refractivity contribution in [1.29, 1.82) is 0 Å². The van der Waals surface area contributed by atoms with E-state index in [1.165, 1.54) is 38.2 Å². The number of nitrogens with one attached hydrogen (secondary N) is 1. The number of benzene rings is 2. The predicted molar refractivity (Wildman–Crippen MR) is 103 cm³/mol. The number of carbonyl (C=O) groups excluding carboxylic acids is 1. The number of hydrogen-bond donors (Lipinski definition) is 1. The molecule has 0 aliphatic rings. The largest absolute Gasteiger partial charge is 0.324 e. The minimum Gasteiger partial charge on any atom is -0.324 e. The molecule has 0 radical (unpaired) electrons. The number of nitro benzene ring substituents is 1. The second-order valence-corrected chi connectivity index (χ2v) is 7.69. The average Bonchev–Trinajstić information content (AvgIpc) is 2.62. The van der Waals surface area contributed by atoms with E-state index in [-0.39, 0.29) is 11.4 Å². The first-order chi connectivity index (χ1) is 12.7. The van der Waals surface area contributed by atoms with Crippen molar-refractivity contribution in [2.75, 3.05) is 18.9 Å². The number of carbonyl (C=O) groups is 1. The van der Waals surface area contributed by atoms with Crippen LogP contribution in [-0.4, -0.2) is 37.1 Å². The molecule has 0 spiro atoms. The SMILES string of the molecule is Cc1c(NC(=O)CN(C)S(=O)(=O)/C=C/c2ccccc2)cccc1[N+](=O)[O-]. The van der Waals surface area contributed by atoms with Crippen LogP contribution in [0.15, 0.2) is 53.9 Å². The molecule has 0 fully saturated rings. The molecule has 2 aromatic rings. The molecule has 1 amide bonds. The molecule has 0 aliphatic heterocycles. The molecule has 0 atom stereocenters.